The number of piperidine rings is 1. The summed E-state index contributed by atoms with van der Waals surface area (Å²) < 4.78 is 3.12. The minimum atomic E-state index is -1.07. The van der Waals surface area contributed by atoms with Crippen molar-refractivity contribution in [2.45, 2.75) is 25.0 Å². The number of benzene rings is 1. The minimum absolute atomic E-state index is 0.0688. The molecule has 5 rings (SSSR count). The molecule has 2 aromatic heterocycles. The first kappa shape index (κ1) is 23.3. The fraction of sp³-hybridized carbons (Fsp3) is 0.500. The third kappa shape index (κ3) is 4.61. The van der Waals surface area contributed by atoms with Crippen LogP contribution >= 0.6 is 0 Å². The standard InChI is InChI=1S/C24H32N8O3/c1-28(2)23(34)30-11-7-24(35,8-12-30)16-31-17-26-21-20(22(31)33)15-27-32(21)19-5-3-18(4-6-19)29-13-9-25-10-14-29/h3-6,15,17,25,35H,7-14,16H2,1-2H3. The van der Waals surface area contributed by atoms with Crippen LogP contribution in [0, 0.1) is 0 Å². The molecule has 2 N–H and O–H groups in total. The average molecular weight is 481 g/mol. The van der Waals surface area contributed by atoms with Crippen molar-refractivity contribution in [3.8, 4) is 5.69 Å². The zero-order chi connectivity index (χ0) is 24.6. The number of aromatic nitrogens is 4. The average Bonchev–Trinajstić information content (AvgIpc) is 3.31. The second kappa shape index (κ2) is 9.31. The van der Waals surface area contributed by atoms with E-state index in [0.29, 0.717) is 37.0 Å². The summed E-state index contributed by atoms with van der Waals surface area (Å²) in [5.41, 5.74) is 1.17. The zero-order valence-electron chi connectivity index (χ0n) is 20.2. The number of nitrogens with one attached hydrogen (secondary N) is 1. The van der Waals surface area contributed by atoms with Crippen LogP contribution in [0.3, 0.4) is 0 Å². The van der Waals surface area contributed by atoms with Gasteiger partial charge in [0.1, 0.15) is 11.7 Å². The van der Waals surface area contributed by atoms with E-state index in [1.165, 1.54) is 22.0 Å². The van der Waals surface area contributed by atoms with Gasteiger partial charge in [0.25, 0.3) is 5.56 Å². The molecule has 2 amide bonds. The second-order valence-corrected chi connectivity index (χ2v) is 9.61. The van der Waals surface area contributed by atoms with E-state index in [4.69, 9.17) is 0 Å². The molecule has 0 unspecified atom stereocenters. The first-order valence-corrected chi connectivity index (χ1v) is 12.0. The number of fused-ring (bicyclic) bond motifs is 1. The van der Waals surface area contributed by atoms with Crippen molar-refractivity contribution in [1.29, 1.82) is 0 Å². The van der Waals surface area contributed by atoms with Crippen LogP contribution in [-0.2, 0) is 6.54 Å². The number of aliphatic hydroxyl groups is 1. The van der Waals surface area contributed by atoms with Crippen LogP contribution < -0.4 is 15.8 Å². The van der Waals surface area contributed by atoms with E-state index in [9.17, 15) is 14.7 Å². The van der Waals surface area contributed by atoms with Crippen LogP contribution in [0.4, 0.5) is 10.5 Å². The molecule has 2 fully saturated rings. The Bertz CT molecular complexity index is 1250. The lowest BCUT2D eigenvalue weighted by atomic mass is 9.91. The normalized spacial score (nSPS) is 18.1. The highest BCUT2D eigenvalue weighted by Gasteiger charge is 2.35. The zero-order valence-corrected chi connectivity index (χ0v) is 20.2. The molecule has 0 radical (unpaired) electrons. The summed E-state index contributed by atoms with van der Waals surface area (Å²) in [6.45, 7) is 4.92. The number of carbonyl (C=O) groups excluding carboxylic acids is 1. The number of anilines is 1. The Morgan fingerprint density at radius 3 is 2.40 bits per heavy atom. The summed E-state index contributed by atoms with van der Waals surface area (Å²) in [6.07, 6.45) is 3.81. The number of carbonyl (C=O) groups is 1. The molecule has 1 aromatic carbocycles. The maximum absolute atomic E-state index is 13.2. The van der Waals surface area contributed by atoms with Gasteiger partial charge in [-0.1, -0.05) is 0 Å². The van der Waals surface area contributed by atoms with Gasteiger partial charge < -0.3 is 25.1 Å². The number of nitrogens with zero attached hydrogens (tertiary/aromatic N) is 7. The molecule has 11 nitrogen and oxygen atoms in total. The fourth-order valence-corrected chi connectivity index (χ4v) is 4.85. The molecule has 3 aromatic rings. The molecule has 186 valence electrons. The number of rotatable bonds is 4. The Kier molecular flexibility index (Phi) is 6.20. The summed E-state index contributed by atoms with van der Waals surface area (Å²) >= 11 is 0. The first-order valence-electron chi connectivity index (χ1n) is 12.0. The summed E-state index contributed by atoms with van der Waals surface area (Å²) in [7, 11) is 3.43. The Morgan fingerprint density at radius 2 is 1.74 bits per heavy atom. The summed E-state index contributed by atoms with van der Waals surface area (Å²) in [4.78, 5) is 35.5. The Labute approximate surface area is 203 Å². The quantitative estimate of drug-likeness (QED) is 0.559. The van der Waals surface area contributed by atoms with E-state index < -0.39 is 5.60 Å². The Balaban J connectivity index is 1.33. The molecule has 4 heterocycles. The van der Waals surface area contributed by atoms with Gasteiger partial charge in [-0.15, -0.1) is 0 Å². The number of piperazine rings is 1. The lowest BCUT2D eigenvalue weighted by molar-refractivity contribution is -0.0282. The molecule has 0 spiro atoms. The monoisotopic (exact) mass is 480 g/mol. The van der Waals surface area contributed by atoms with Crippen LogP contribution in [0.2, 0.25) is 0 Å². The van der Waals surface area contributed by atoms with Gasteiger partial charge in [-0.05, 0) is 37.1 Å². The van der Waals surface area contributed by atoms with Crippen molar-refractivity contribution in [3.63, 3.8) is 0 Å². The number of hydrogen-bond acceptors (Lipinski definition) is 7. The molecule has 11 heteroatoms. The van der Waals surface area contributed by atoms with Crippen molar-refractivity contribution in [2.24, 2.45) is 0 Å². The Hall–Kier alpha value is -3.44. The maximum atomic E-state index is 13.2. The molecule has 0 aliphatic carbocycles. The van der Waals surface area contributed by atoms with E-state index in [0.717, 1.165) is 37.6 Å². The number of amides is 2. The number of urea groups is 1. The fourth-order valence-electron chi connectivity index (χ4n) is 4.85. The van der Waals surface area contributed by atoms with Crippen molar-refractivity contribution >= 4 is 22.8 Å². The van der Waals surface area contributed by atoms with Gasteiger partial charge >= 0.3 is 6.03 Å². The van der Waals surface area contributed by atoms with Gasteiger partial charge in [0.15, 0.2) is 5.65 Å². The third-order valence-corrected chi connectivity index (χ3v) is 6.94. The van der Waals surface area contributed by atoms with Crippen molar-refractivity contribution in [3.05, 3.63) is 47.1 Å². The molecular weight excluding hydrogens is 448 g/mol. The summed E-state index contributed by atoms with van der Waals surface area (Å²) in [5.74, 6) is 0. The molecule has 0 saturated carbocycles. The smallest absolute Gasteiger partial charge is 0.319 e. The van der Waals surface area contributed by atoms with Crippen molar-refractivity contribution in [1.82, 2.24) is 34.4 Å². The SMILES string of the molecule is CN(C)C(=O)N1CCC(O)(Cn2cnc3c(cnn3-c3ccc(N4CCNCC4)cc3)c2=O)CC1. The van der Waals surface area contributed by atoms with Crippen LogP contribution in [0.15, 0.2) is 41.6 Å². The van der Waals surface area contributed by atoms with E-state index in [2.05, 4.69) is 32.4 Å². The highest BCUT2D eigenvalue weighted by molar-refractivity contribution is 5.75. The van der Waals surface area contributed by atoms with Gasteiger partial charge in [0.2, 0.25) is 0 Å². The van der Waals surface area contributed by atoms with Gasteiger partial charge in [0.05, 0.1) is 24.0 Å². The highest BCUT2D eigenvalue weighted by atomic mass is 16.3. The van der Waals surface area contributed by atoms with Crippen molar-refractivity contribution in [2.75, 3.05) is 58.3 Å². The number of hydrogen-bond donors (Lipinski definition) is 2. The van der Waals surface area contributed by atoms with E-state index >= 15 is 0 Å². The predicted octanol–water partition coefficient (Wildman–Crippen LogP) is 0.500. The summed E-state index contributed by atoms with van der Waals surface area (Å²) in [5, 5.41) is 19.3. The van der Waals surface area contributed by atoms with Crippen molar-refractivity contribution < 1.29 is 9.90 Å². The summed E-state index contributed by atoms with van der Waals surface area (Å²) in [6, 6.07) is 8.04. The molecule has 2 aliphatic heterocycles. The maximum Gasteiger partial charge on any atom is 0.319 e. The lowest BCUT2D eigenvalue weighted by Gasteiger charge is -2.39. The molecule has 2 aliphatic rings. The minimum Gasteiger partial charge on any atom is -0.388 e. The second-order valence-electron chi connectivity index (χ2n) is 9.61. The molecule has 35 heavy (non-hydrogen) atoms. The van der Waals surface area contributed by atoms with Crippen LogP contribution in [-0.4, -0.2) is 99.2 Å². The Morgan fingerprint density at radius 1 is 1.09 bits per heavy atom. The molecule has 2 saturated heterocycles. The molecular formula is C24H32N8O3. The molecule has 0 bridgehead atoms. The van der Waals surface area contributed by atoms with Crippen LogP contribution in [0.1, 0.15) is 12.8 Å². The van der Waals surface area contributed by atoms with Gasteiger partial charge in [-0.2, -0.15) is 5.10 Å². The van der Waals surface area contributed by atoms with Gasteiger partial charge in [-0.3, -0.25) is 9.36 Å². The first-order chi connectivity index (χ1) is 16.8. The van der Waals surface area contributed by atoms with E-state index in [1.54, 1.807) is 23.7 Å². The van der Waals surface area contributed by atoms with E-state index in [-0.39, 0.29) is 18.1 Å². The molecule has 0 atom stereocenters. The topological polar surface area (TPSA) is 112 Å². The van der Waals surface area contributed by atoms with E-state index in [1.807, 2.05) is 12.1 Å². The highest BCUT2D eigenvalue weighted by Crippen LogP contribution is 2.25. The predicted molar refractivity (Wildman–Crippen MR) is 133 cm³/mol. The largest absolute Gasteiger partial charge is 0.388 e. The van der Waals surface area contributed by atoms with Crippen LogP contribution in [0.5, 0.6) is 0 Å². The number of likely N-dealkylation sites (tertiary alicyclic amines) is 1. The van der Waals surface area contributed by atoms with Gasteiger partial charge in [-0.25, -0.2) is 14.5 Å². The van der Waals surface area contributed by atoms with Crippen LogP contribution in [0.25, 0.3) is 16.7 Å². The van der Waals surface area contributed by atoms with Gasteiger partial charge in [0, 0.05) is 59.1 Å². The third-order valence-electron chi connectivity index (χ3n) is 6.94. The lowest BCUT2D eigenvalue weighted by Crippen LogP contribution is -2.51.